The Morgan fingerprint density at radius 2 is 1.21 bits per heavy atom. The second-order valence-electron chi connectivity index (χ2n) is 6.39. The molecule has 0 saturated heterocycles. The van der Waals surface area contributed by atoms with Crippen LogP contribution in [-0.2, 0) is 13.1 Å². The lowest BCUT2D eigenvalue weighted by Gasteiger charge is -2.13. The molecule has 2 rings (SSSR count). The van der Waals surface area contributed by atoms with Crippen molar-refractivity contribution < 1.29 is 9.47 Å². The van der Waals surface area contributed by atoms with Crippen molar-refractivity contribution in [1.29, 1.82) is 0 Å². The molecule has 2 aromatic carbocycles. The summed E-state index contributed by atoms with van der Waals surface area (Å²) in [5, 5.41) is 3.47. The second-order valence-corrected chi connectivity index (χ2v) is 6.39. The van der Waals surface area contributed by atoms with Gasteiger partial charge in [-0.05, 0) is 62.6 Å². The van der Waals surface area contributed by atoms with Gasteiger partial charge in [0.15, 0.2) is 0 Å². The van der Waals surface area contributed by atoms with Gasteiger partial charge in [0, 0.05) is 13.1 Å². The minimum absolute atomic E-state index is 0.209. The summed E-state index contributed by atoms with van der Waals surface area (Å²) in [5.41, 5.74) is 2.51. The monoisotopic (exact) mass is 327 g/mol. The summed E-state index contributed by atoms with van der Waals surface area (Å²) in [6.07, 6.45) is 1.49. The average molecular weight is 327 g/mol. The molecule has 0 aromatic heterocycles. The first-order chi connectivity index (χ1) is 11.6. The van der Waals surface area contributed by atoms with Crippen LogP contribution in [0, 0.1) is 0 Å². The highest BCUT2D eigenvalue weighted by Gasteiger charge is 2.02. The normalized spacial score (nSPS) is 12.2. The molecule has 0 bridgehead atoms. The largest absolute Gasteiger partial charge is 0.491 e. The molecular weight excluding hydrogens is 298 g/mol. The van der Waals surface area contributed by atoms with Crippen molar-refractivity contribution in [2.24, 2.45) is 0 Å². The van der Waals surface area contributed by atoms with E-state index in [-0.39, 0.29) is 12.2 Å². The molecule has 0 spiro atoms. The molecule has 0 radical (unpaired) electrons. The maximum atomic E-state index is 5.80. The van der Waals surface area contributed by atoms with Gasteiger partial charge in [0.05, 0.1) is 12.2 Å². The van der Waals surface area contributed by atoms with Crippen LogP contribution < -0.4 is 14.8 Å². The average Bonchev–Trinajstić information content (AvgIpc) is 2.57. The summed E-state index contributed by atoms with van der Waals surface area (Å²) >= 11 is 0. The SMILES string of the molecule is CCC(C)Oc1ccc(CNCc2ccc(OC(C)C)cc2)cc1. The first-order valence-electron chi connectivity index (χ1n) is 8.78. The second kappa shape index (κ2) is 9.33. The predicted octanol–water partition coefficient (Wildman–Crippen LogP) is 4.94. The van der Waals surface area contributed by atoms with Crippen LogP contribution in [0.15, 0.2) is 48.5 Å². The van der Waals surface area contributed by atoms with Crippen LogP contribution in [-0.4, -0.2) is 12.2 Å². The van der Waals surface area contributed by atoms with Crippen molar-refractivity contribution in [2.75, 3.05) is 0 Å². The smallest absolute Gasteiger partial charge is 0.119 e. The highest BCUT2D eigenvalue weighted by Crippen LogP contribution is 2.16. The van der Waals surface area contributed by atoms with Crippen LogP contribution in [0.1, 0.15) is 45.2 Å². The molecule has 0 saturated carbocycles. The van der Waals surface area contributed by atoms with Crippen molar-refractivity contribution in [3.8, 4) is 11.5 Å². The van der Waals surface area contributed by atoms with Gasteiger partial charge in [-0.15, -0.1) is 0 Å². The van der Waals surface area contributed by atoms with Gasteiger partial charge in [-0.3, -0.25) is 0 Å². The Kier molecular flexibility index (Phi) is 7.13. The summed E-state index contributed by atoms with van der Waals surface area (Å²) in [6.45, 7) is 9.97. The Hall–Kier alpha value is -2.00. The zero-order chi connectivity index (χ0) is 17.4. The van der Waals surface area contributed by atoms with E-state index < -0.39 is 0 Å². The standard InChI is InChI=1S/C21H29NO2/c1-5-17(4)24-21-12-8-19(9-13-21)15-22-14-18-6-10-20(11-7-18)23-16(2)3/h6-13,16-17,22H,5,14-15H2,1-4H3. The van der Waals surface area contributed by atoms with E-state index in [1.54, 1.807) is 0 Å². The molecule has 1 unspecified atom stereocenters. The third-order valence-corrected chi connectivity index (χ3v) is 3.79. The van der Waals surface area contributed by atoms with Gasteiger partial charge in [-0.2, -0.15) is 0 Å². The quantitative estimate of drug-likeness (QED) is 0.707. The Labute approximate surface area is 146 Å². The Bertz CT molecular complexity index is 590. The first kappa shape index (κ1) is 18.3. The van der Waals surface area contributed by atoms with E-state index in [1.807, 2.05) is 38.1 Å². The number of ether oxygens (including phenoxy) is 2. The van der Waals surface area contributed by atoms with Crippen molar-refractivity contribution >= 4 is 0 Å². The maximum absolute atomic E-state index is 5.80. The lowest BCUT2D eigenvalue weighted by molar-refractivity contribution is 0.217. The summed E-state index contributed by atoms with van der Waals surface area (Å²) in [4.78, 5) is 0. The molecule has 3 heteroatoms. The van der Waals surface area contributed by atoms with Gasteiger partial charge >= 0.3 is 0 Å². The molecule has 0 amide bonds. The third kappa shape index (κ3) is 6.25. The topological polar surface area (TPSA) is 30.5 Å². The highest BCUT2D eigenvalue weighted by atomic mass is 16.5. The summed E-state index contributed by atoms with van der Waals surface area (Å²) < 4.78 is 11.5. The van der Waals surface area contributed by atoms with Crippen LogP contribution >= 0.6 is 0 Å². The van der Waals surface area contributed by atoms with E-state index in [9.17, 15) is 0 Å². The van der Waals surface area contributed by atoms with Gasteiger partial charge in [0.2, 0.25) is 0 Å². The van der Waals surface area contributed by atoms with Gasteiger partial charge in [-0.25, -0.2) is 0 Å². The highest BCUT2D eigenvalue weighted by molar-refractivity contribution is 5.29. The van der Waals surface area contributed by atoms with Gasteiger partial charge < -0.3 is 14.8 Å². The molecule has 1 atom stereocenters. The van der Waals surface area contributed by atoms with Crippen LogP contribution in [0.4, 0.5) is 0 Å². The summed E-state index contributed by atoms with van der Waals surface area (Å²) in [7, 11) is 0. The van der Waals surface area contributed by atoms with Gasteiger partial charge in [0.1, 0.15) is 11.5 Å². The number of hydrogen-bond acceptors (Lipinski definition) is 3. The molecule has 3 nitrogen and oxygen atoms in total. The van der Waals surface area contributed by atoms with Crippen molar-refractivity contribution in [1.82, 2.24) is 5.32 Å². The molecule has 0 aliphatic carbocycles. The minimum Gasteiger partial charge on any atom is -0.491 e. The first-order valence-corrected chi connectivity index (χ1v) is 8.78. The molecule has 0 aliphatic heterocycles. The van der Waals surface area contributed by atoms with Crippen molar-refractivity contribution in [2.45, 2.75) is 59.4 Å². The van der Waals surface area contributed by atoms with Crippen LogP contribution in [0.25, 0.3) is 0 Å². The molecule has 2 aromatic rings. The lowest BCUT2D eigenvalue weighted by atomic mass is 10.2. The fraction of sp³-hybridized carbons (Fsp3) is 0.429. The maximum Gasteiger partial charge on any atom is 0.119 e. The molecule has 0 fully saturated rings. The van der Waals surface area contributed by atoms with Gasteiger partial charge in [-0.1, -0.05) is 31.2 Å². The molecule has 130 valence electrons. The molecule has 24 heavy (non-hydrogen) atoms. The van der Waals surface area contributed by atoms with Crippen LogP contribution in [0.2, 0.25) is 0 Å². The predicted molar refractivity (Wildman–Crippen MR) is 99.6 cm³/mol. The number of hydrogen-bond donors (Lipinski definition) is 1. The summed E-state index contributed by atoms with van der Waals surface area (Å²) in [5.74, 6) is 1.86. The van der Waals surface area contributed by atoms with E-state index in [0.29, 0.717) is 0 Å². The fourth-order valence-electron chi connectivity index (χ4n) is 2.31. The zero-order valence-corrected chi connectivity index (χ0v) is 15.2. The van der Waals surface area contributed by atoms with E-state index in [1.165, 1.54) is 11.1 Å². The molecule has 1 N–H and O–H groups in total. The van der Waals surface area contributed by atoms with Crippen LogP contribution in [0.5, 0.6) is 11.5 Å². The van der Waals surface area contributed by atoms with E-state index in [4.69, 9.17) is 9.47 Å². The zero-order valence-electron chi connectivity index (χ0n) is 15.2. The Morgan fingerprint density at radius 1 is 0.750 bits per heavy atom. The molecule has 0 aliphatic rings. The van der Waals surface area contributed by atoms with Crippen molar-refractivity contribution in [3.05, 3.63) is 59.7 Å². The van der Waals surface area contributed by atoms with E-state index >= 15 is 0 Å². The summed E-state index contributed by atoms with van der Waals surface area (Å²) in [6, 6.07) is 16.6. The number of nitrogens with one attached hydrogen (secondary N) is 1. The number of rotatable bonds is 9. The third-order valence-electron chi connectivity index (χ3n) is 3.79. The minimum atomic E-state index is 0.209. The van der Waals surface area contributed by atoms with E-state index in [0.717, 1.165) is 31.0 Å². The molecular formula is C21H29NO2. The molecule has 0 heterocycles. The number of benzene rings is 2. The van der Waals surface area contributed by atoms with Crippen LogP contribution in [0.3, 0.4) is 0 Å². The fourth-order valence-corrected chi connectivity index (χ4v) is 2.31. The Balaban J connectivity index is 1.77. The van der Waals surface area contributed by atoms with Gasteiger partial charge in [0.25, 0.3) is 0 Å². The van der Waals surface area contributed by atoms with E-state index in [2.05, 4.69) is 43.4 Å². The Morgan fingerprint density at radius 3 is 1.62 bits per heavy atom. The lowest BCUT2D eigenvalue weighted by Crippen LogP contribution is -2.13. The van der Waals surface area contributed by atoms with Crippen molar-refractivity contribution in [3.63, 3.8) is 0 Å².